The molecule has 1 aromatic carbocycles. The highest BCUT2D eigenvalue weighted by atomic mass is 32.2. The van der Waals surface area contributed by atoms with E-state index in [4.69, 9.17) is 9.15 Å². The summed E-state index contributed by atoms with van der Waals surface area (Å²) in [6.07, 6.45) is -0.722. The van der Waals surface area contributed by atoms with E-state index in [0.29, 0.717) is 11.0 Å². The maximum Gasteiger partial charge on any atom is 0.337 e. The van der Waals surface area contributed by atoms with Crippen LogP contribution in [-0.2, 0) is 29.2 Å². The molecule has 1 heterocycles. The number of ether oxygens (including phenoxy) is 1. The zero-order valence-corrected chi connectivity index (χ0v) is 14.2. The van der Waals surface area contributed by atoms with Crippen molar-refractivity contribution in [1.82, 2.24) is 4.89 Å². The van der Waals surface area contributed by atoms with Crippen LogP contribution in [0, 0.1) is 0 Å². The van der Waals surface area contributed by atoms with Crippen molar-refractivity contribution < 1.29 is 32.0 Å². The zero-order valence-electron chi connectivity index (χ0n) is 13.4. The molecule has 2 rings (SSSR count). The molecule has 0 atom stereocenters. The van der Waals surface area contributed by atoms with Crippen LogP contribution in [0.1, 0.15) is 27.2 Å². The smallest absolute Gasteiger partial charge is 0.337 e. The van der Waals surface area contributed by atoms with Crippen molar-refractivity contribution in [3.8, 4) is 0 Å². The predicted octanol–water partition coefficient (Wildman–Crippen LogP) is 1.90. The van der Waals surface area contributed by atoms with Crippen LogP contribution in [0.25, 0.3) is 11.0 Å². The molecule has 0 unspecified atom stereocenters. The van der Waals surface area contributed by atoms with Crippen LogP contribution >= 0.6 is 0 Å². The summed E-state index contributed by atoms with van der Waals surface area (Å²) in [5.41, 5.74) is -0.386. The number of carbonyl (C=O) groups is 2. The molecule has 0 aliphatic heterocycles. The normalized spacial score (nSPS) is 12.1. The maximum atomic E-state index is 12.0. The number of furan rings is 1. The summed E-state index contributed by atoms with van der Waals surface area (Å²) in [7, 11) is -4.20. The molecule has 0 bridgehead atoms. The number of fused-ring (bicyclic) bond motifs is 1. The number of nitrogens with one attached hydrogen (secondary N) is 1. The average molecular weight is 355 g/mol. The van der Waals surface area contributed by atoms with Crippen molar-refractivity contribution in [3.63, 3.8) is 0 Å². The van der Waals surface area contributed by atoms with Crippen molar-refractivity contribution in [3.05, 3.63) is 30.3 Å². The summed E-state index contributed by atoms with van der Waals surface area (Å²) in [4.78, 5) is 29.0. The molecule has 0 amide bonds. The molecule has 8 nitrogen and oxygen atoms in total. The van der Waals surface area contributed by atoms with Gasteiger partial charge in [-0.2, -0.15) is 0 Å². The van der Waals surface area contributed by atoms with Gasteiger partial charge in [0.05, 0.1) is 0 Å². The Hall–Kier alpha value is -2.39. The van der Waals surface area contributed by atoms with E-state index in [0.717, 1.165) is 0 Å². The summed E-state index contributed by atoms with van der Waals surface area (Å²) in [5.74, 6) is -1.92. The van der Waals surface area contributed by atoms with Gasteiger partial charge in [0.15, 0.2) is 0 Å². The molecular weight excluding hydrogens is 338 g/mol. The van der Waals surface area contributed by atoms with Gasteiger partial charge in [0.1, 0.15) is 17.6 Å². The number of rotatable bonds is 5. The van der Waals surface area contributed by atoms with Gasteiger partial charge in [0.2, 0.25) is 5.09 Å². The molecule has 0 saturated heterocycles. The number of carbonyl (C=O) groups excluding carboxylic acids is 2. The quantitative estimate of drug-likeness (QED) is 0.495. The molecular formula is C15H17NO7S. The Labute approximate surface area is 138 Å². The van der Waals surface area contributed by atoms with Gasteiger partial charge < -0.3 is 14.0 Å². The Morgan fingerprint density at radius 1 is 1.17 bits per heavy atom. The van der Waals surface area contributed by atoms with E-state index in [-0.39, 0.29) is 0 Å². The molecule has 0 spiro atoms. The molecule has 0 aliphatic rings. The Morgan fingerprint density at radius 3 is 2.46 bits per heavy atom. The SMILES string of the molecule is CC(C)(C)OC(=O)CC(=O)ONS(=O)(=O)c1cc2ccccc2o1. The van der Waals surface area contributed by atoms with Crippen LogP contribution in [-0.4, -0.2) is 26.0 Å². The average Bonchev–Trinajstić information content (AvgIpc) is 2.88. The van der Waals surface area contributed by atoms with Crippen molar-refractivity contribution in [2.75, 3.05) is 0 Å². The number of hydrogen-bond donors (Lipinski definition) is 1. The molecule has 1 N–H and O–H groups in total. The lowest BCUT2D eigenvalue weighted by atomic mass is 10.2. The summed E-state index contributed by atoms with van der Waals surface area (Å²) in [5, 5.41) is 0.173. The molecule has 2 aromatic rings. The Kier molecular flexibility index (Phi) is 4.95. The van der Waals surface area contributed by atoms with Crippen LogP contribution in [0.15, 0.2) is 39.8 Å². The van der Waals surface area contributed by atoms with Crippen molar-refractivity contribution >= 4 is 32.9 Å². The fourth-order valence-corrected chi connectivity index (χ4v) is 2.53. The maximum absolute atomic E-state index is 12.0. The van der Waals surface area contributed by atoms with E-state index in [1.54, 1.807) is 49.9 Å². The highest BCUT2D eigenvalue weighted by molar-refractivity contribution is 7.89. The van der Waals surface area contributed by atoms with Crippen LogP contribution < -0.4 is 4.89 Å². The number of benzene rings is 1. The van der Waals surface area contributed by atoms with Gasteiger partial charge in [0, 0.05) is 11.5 Å². The van der Waals surface area contributed by atoms with Crippen LogP contribution in [0.2, 0.25) is 0 Å². The molecule has 0 aliphatic carbocycles. The van der Waals surface area contributed by atoms with Gasteiger partial charge in [-0.05, 0) is 31.7 Å². The summed E-state index contributed by atoms with van der Waals surface area (Å²) in [6.45, 7) is 4.92. The largest absolute Gasteiger partial charge is 0.460 e. The third-order valence-corrected chi connectivity index (χ3v) is 3.68. The van der Waals surface area contributed by atoms with Gasteiger partial charge in [-0.1, -0.05) is 18.2 Å². The van der Waals surface area contributed by atoms with Gasteiger partial charge in [-0.3, -0.25) is 4.79 Å². The first-order valence-corrected chi connectivity index (χ1v) is 8.47. The van der Waals surface area contributed by atoms with Crippen LogP contribution in [0.3, 0.4) is 0 Å². The number of hydrogen-bond acceptors (Lipinski definition) is 7. The van der Waals surface area contributed by atoms with Gasteiger partial charge in [-0.15, -0.1) is 0 Å². The van der Waals surface area contributed by atoms with E-state index in [1.807, 2.05) is 0 Å². The lowest BCUT2D eigenvalue weighted by Crippen LogP contribution is -2.30. The minimum Gasteiger partial charge on any atom is -0.460 e. The molecule has 9 heteroatoms. The van der Waals surface area contributed by atoms with Gasteiger partial charge >= 0.3 is 22.0 Å². The highest BCUT2D eigenvalue weighted by Crippen LogP contribution is 2.22. The second-order valence-electron chi connectivity index (χ2n) is 5.93. The minimum absolute atomic E-state index is 0.373. The first kappa shape index (κ1) is 18.0. The molecule has 0 saturated carbocycles. The number of para-hydroxylation sites is 1. The van der Waals surface area contributed by atoms with Crippen molar-refractivity contribution in [2.45, 2.75) is 37.9 Å². The second-order valence-corrected chi connectivity index (χ2v) is 7.50. The Bertz CT molecular complexity index is 828. The van der Waals surface area contributed by atoms with E-state index in [2.05, 4.69) is 4.84 Å². The van der Waals surface area contributed by atoms with Crippen molar-refractivity contribution in [2.24, 2.45) is 0 Å². The number of sulfonamides is 1. The Balaban J connectivity index is 1.97. The van der Waals surface area contributed by atoms with E-state index < -0.39 is 39.1 Å². The molecule has 1 aromatic heterocycles. The Morgan fingerprint density at radius 2 is 1.83 bits per heavy atom. The van der Waals surface area contributed by atoms with Crippen LogP contribution in [0.4, 0.5) is 0 Å². The van der Waals surface area contributed by atoms with Crippen molar-refractivity contribution in [1.29, 1.82) is 0 Å². The monoisotopic (exact) mass is 355 g/mol. The molecule has 0 fully saturated rings. The summed E-state index contributed by atoms with van der Waals surface area (Å²) < 4.78 is 34.2. The van der Waals surface area contributed by atoms with Crippen LogP contribution in [0.5, 0.6) is 0 Å². The zero-order chi connectivity index (χ0) is 18.0. The fourth-order valence-electron chi connectivity index (χ4n) is 1.76. The lowest BCUT2D eigenvalue weighted by Gasteiger charge is -2.18. The third kappa shape index (κ3) is 4.80. The minimum atomic E-state index is -4.20. The highest BCUT2D eigenvalue weighted by Gasteiger charge is 2.24. The fraction of sp³-hybridized carbons (Fsp3) is 0.333. The first-order chi connectivity index (χ1) is 11.1. The molecule has 130 valence electrons. The predicted molar refractivity (Wildman–Crippen MR) is 83.1 cm³/mol. The summed E-state index contributed by atoms with van der Waals surface area (Å²) >= 11 is 0. The standard InChI is InChI=1S/C15H17NO7S/c1-15(2,3)22-12(17)9-13(18)23-16-24(19,20)14-8-10-6-4-5-7-11(10)21-14/h4-8,16H,9H2,1-3H3. The third-order valence-electron chi connectivity index (χ3n) is 2.64. The van der Waals surface area contributed by atoms with E-state index in [9.17, 15) is 18.0 Å². The number of esters is 1. The van der Waals surface area contributed by atoms with Gasteiger partial charge in [-0.25, -0.2) is 13.2 Å². The van der Waals surface area contributed by atoms with Gasteiger partial charge in [0.25, 0.3) is 0 Å². The summed E-state index contributed by atoms with van der Waals surface area (Å²) in [6, 6.07) is 7.98. The van der Waals surface area contributed by atoms with E-state index in [1.165, 1.54) is 6.07 Å². The topological polar surface area (TPSA) is 112 Å². The molecule has 0 radical (unpaired) electrons. The first-order valence-electron chi connectivity index (χ1n) is 6.99. The molecule has 24 heavy (non-hydrogen) atoms. The van der Waals surface area contributed by atoms with E-state index >= 15 is 0 Å². The second kappa shape index (κ2) is 6.62. The lowest BCUT2D eigenvalue weighted by molar-refractivity contribution is -0.162.